The zero-order valence-electron chi connectivity index (χ0n) is 9.28. The van der Waals surface area contributed by atoms with Crippen molar-refractivity contribution < 1.29 is 14.3 Å². The molecule has 1 heterocycles. The number of carbonyl (C=O) groups is 2. The molecule has 15 heavy (non-hydrogen) atoms. The smallest absolute Gasteiger partial charge is 0.325 e. The molecule has 0 spiro atoms. The number of nitrogens with zero attached hydrogens (tertiary/aromatic N) is 1. The van der Waals surface area contributed by atoms with Crippen LogP contribution in [0, 0.1) is 5.92 Å². The lowest BCUT2D eigenvalue weighted by Gasteiger charge is -2.26. The Kier molecular flexibility index (Phi) is 4.55. The van der Waals surface area contributed by atoms with Crippen LogP contribution in [0.2, 0.25) is 0 Å². The average Bonchev–Trinajstić information content (AvgIpc) is 2.29. The van der Waals surface area contributed by atoms with Gasteiger partial charge in [-0.1, -0.05) is 0 Å². The Labute approximate surface area is 89.8 Å². The van der Waals surface area contributed by atoms with Crippen molar-refractivity contribution in [1.82, 2.24) is 10.2 Å². The first-order valence-electron chi connectivity index (χ1n) is 5.17. The van der Waals surface area contributed by atoms with Crippen molar-refractivity contribution in [2.45, 2.75) is 12.8 Å². The highest BCUT2D eigenvalue weighted by atomic mass is 16.5. The Hall–Kier alpha value is -1.10. The molecule has 0 unspecified atom stereocenters. The van der Waals surface area contributed by atoms with E-state index < -0.39 is 0 Å². The van der Waals surface area contributed by atoms with Gasteiger partial charge in [0.25, 0.3) is 0 Å². The number of hydrogen-bond donors (Lipinski definition) is 1. The van der Waals surface area contributed by atoms with E-state index >= 15 is 0 Å². The molecule has 0 radical (unpaired) electrons. The average molecular weight is 214 g/mol. The summed E-state index contributed by atoms with van der Waals surface area (Å²) in [6.45, 7) is 1.80. The fourth-order valence-electron chi connectivity index (χ4n) is 1.72. The van der Waals surface area contributed by atoms with E-state index in [2.05, 4.69) is 10.1 Å². The predicted octanol–water partition coefficient (Wildman–Crippen LogP) is -0.383. The van der Waals surface area contributed by atoms with Crippen LogP contribution < -0.4 is 5.32 Å². The molecular weight excluding hydrogens is 196 g/mol. The van der Waals surface area contributed by atoms with Gasteiger partial charge in [0.15, 0.2) is 0 Å². The van der Waals surface area contributed by atoms with E-state index in [1.165, 1.54) is 12.0 Å². The summed E-state index contributed by atoms with van der Waals surface area (Å²) in [7, 11) is 2.96. The van der Waals surface area contributed by atoms with E-state index in [-0.39, 0.29) is 24.3 Å². The van der Waals surface area contributed by atoms with Gasteiger partial charge in [-0.25, -0.2) is 0 Å². The van der Waals surface area contributed by atoms with Gasteiger partial charge in [-0.2, -0.15) is 0 Å². The van der Waals surface area contributed by atoms with E-state index in [0.717, 1.165) is 25.9 Å². The molecule has 1 amide bonds. The quantitative estimate of drug-likeness (QED) is 0.650. The third-order valence-corrected chi connectivity index (χ3v) is 2.66. The number of rotatable bonds is 3. The number of amides is 1. The lowest BCUT2D eigenvalue weighted by Crippen LogP contribution is -2.41. The van der Waals surface area contributed by atoms with Crippen LogP contribution in [0.15, 0.2) is 0 Å². The first kappa shape index (κ1) is 12.0. The highest BCUT2D eigenvalue weighted by Crippen LogP contribution is 2.14. The van der Waals surface area contributed by atoms with Crippen LogP contribution in [0.3, 0.4) is 0 Å². The number of hydrogen-bond acceptors (Lipinski definition) is 4. The summed E-state index contributed by atoms with van der Waals surface area (Å²) in [4.78, 5) is 24.3. The van der Waals surface area contributed by atoms with Gasteiger partial charge in [0.2, 0.25) is 5.91 Å². The number of ether oxygens (including phenoxy) is 1. The minimum absolute atomic E-state index is 0.0409. The molecule has 0 saturated carbocycles. The summed E-state index contributed by atoms with van der Waals surface area (Å²) in [6, 6.07) is 0. The molecule has 0 bridgehead atoms. The molecule has 0 atom stereocenters. The fourth-order valence-corrected chi connectivity index (χ4v) is 1.72. The molecule has 1 saturated heterocycles. The molecule has 1 N–H and O–H groups in total. The maximum Gasteiger partial charge on any atom is 0.325 e. The van der Waals surface area contributed by atoms with Crippen LogP contribution in [0.1, 0.15) is 12.8 Å². The highest BCUT2D eigenvalue weighted by molar-refractivity contribution is 5.83. The van der Waals surface area contributed by atoms with Crippen LogP contribution in [-0.2, 0) is 14.3 Å². The summed E-state index contributed by atoms with van der Waals surface area (Å²) in [5.41, 5.74) is 0. The van der Waals surface area contributed by atoms with Crippen molar-refractivity contribution in [3.05, 3.63) is 0 Å². The van der Waals surface area contributed by atoms with E-state index in [0.29, 0.717) is 0 Å². The van der Waals surface area contributed by atoms with Gasteiger partial charge in [0, 0.05) is 13.0 Å². The Bertz CT molecular complexity index is 237. The predicted molar refractivity (Wildman–Crippen MR) is 55.2 cm³/mol. The molecule has 1 fully saturated rings. The summed E-state index contributed by atoms with van der Waals surface area (Å²) < 4.78 is 4.51. The molecule has 1 rings (SSSR count). The first-order chi connectivity index (χ1) is 7.15. The van der Waals surface area contributed by atoms with Crippen LogP contribution in [-0.4, -0.2) is 50.6 Å². The van der Waals surface area contributed by atoms with Gasteiger partial charge in [-0.3, -0.25) is 9.59 Å². The summed E-state index contributed by atoms with van der Waals surface area (Å²) in [6.07, 6.45) is 1.70. The molecule has 1 aliphatic rings. The van der Waals surface area contributed by atoms with Gasteiger partial charge in [-0.15, -0.1) is 0 Å². The van der Waals surface area contributed by atoms with Crippen LogP contribution in [0.4, 0.5) is 0 Å². The number of piperidine rings is 1. The lowest BCUT2D eigenvalue weighted by molar-refractivity contribution is -0.147. The molecule has 1 aliphatic heterocycles. The van der Waals surface area contributed by atoms with Gasteiger partial charge in [0.1, 0.15) is 6.54 Å². The van der Waals surface area contributed by atoms with Gasteiger partial charge in [0.05, 0.1) is 7.11 Å². The fraction of sp³-hybridized carbons (Fsp3) is 0.800. The second-order valence-electron chi connectivity index (χ2n) is 3.79. The van der Waals surface area contributed by atoms with Crippen LogP contribution in [0.25, 0.3) is 0 Å². The molecular formula is C10H18N2O3. The molecule has 0 aromatic carbocycles. The standard InChI is InChI=1S/C10H18N2O3/c1-12(7-9(13)15-2)10(14)8-3-5-11-6-4-8/h8,11H,3-7H2,1-2H3. The van der Waals surface area contributed by atoms with Crippen molar-refractivity contribution >= 4 is 11.9 Å². The van der Waals surface area contributed by atoms with E-state index in [4.69, 9.17) is 0 Å². The van der Waals surface area contributed by atoms with Gasteiger partial charge in [-0.05, 0) is 25.9 Å². The second kappa shape index (κ2) is 5.70. The van der Waals surface area contributed by atoms with Gasteiger partial charge < -0.3 is 15.0 Å². The molecule has 0 aliphatic carbocycles. The summed E-state index contributed by atoms with van der Waals surface area (Å²) in [5.74, 6) is -0.275. The largest absolute Gasteiger partial charge is 0.468 e. The third kappa shape index (κ3) is 3.51. The molecule has 86 valence electrons. The van der Waals surface area contributed by atoms with Crippen molar-refractivity contribution in [2.75, 3.05) is 33.8 Å². The van der Waals surface area contributed by atoms with E-state index in [1.54, 1.807) is 7.05 Å². The number of carbonyl (C=O) groups excluding carboxylic acids is 2. The van der Waals surface area contributed by atoms with Gasteiger partial charge >= 0.3 is 5.97 Å². The highest BCUT2D eigenvalue weighted by Gasteiger charge is 2.24. The molecule has 5 heteroatoms. The van der Waals surface area contributed by atoms with E-state index in [9.17, 15) is 9.59 Å². The second-order valence-corrected chi connectivity index (χ2v) is 3.79. The summed E-state index contributed by atoms with van der Waals surface area (Å²) >= 11 is 0. The van der Waals surface area contributed by atoms with E-state index in [1.807, 2.05) is 0 Å². The minimum atomic E-state index is -0.375. The summed E-state index contributed by atoms with van der Waals surface area (Å²) in [5, 5.41) is 3.20. The van der Waals surface area contributed by atoms with Crippen LogP contribution >= 0.6 is 0 Å². The van der Waals surface area contributed by atoms with Crippen molar-refractivity contribution in [3.8, 4) is 0 Å². The Balaban J connectivity index is 2.40. The zero-order valence-corrected chi connectivity index (χ0v) is 9.28. The van der Waals surface area contributed by atoms with Crippen LogP contribution in [0.5, 0.6) is 0 Å². The molecule has 5 nitrogen and oxygen atoms in total. The van der Waals surface area contributed by atoms with Crippen molar-refractivity contribution in [1.29, 1.82) is 0 Å². The zero-order chi connectivity index (χ0) is 11.3. The normalized spacial score (nSPS) is 17.2. The number of nitrogens with one attached hydrogen (secondary N) is 1. The molecule has 0 aromatic rings. The monoisotopic (exact) mass is 214 g/mol. The molecule has 0 aromatic heterocycles. The van der Waals surface area contributed by atoms with Crippen molar-refractivity contribution in [3.63, 3.8) is 0 Å². The third-order valence-electron chi connectivity index (χ3n) is 2.66. The SMILES string of the molecule is COC(=O)CN(C)C(=O)C1CCNCC1. The number of methoxy groups -OCH3 is 1. The minimum Gasteiger partial charge on any atom is -0.468 e. The number of esters is 1. The number of likely N-dealkylation sites (N-methyl/N-ethyl adjacent to an activating group) is 1. The maximum absolute atomic E-state index is 11.8. The Morgan fingerprint density at radius 2 is 2.00 bits per heavy atom. The first-order valence-corrected chi connectivity index (χ1v) is 5.17. The Morgan fingerprint density at radius 1 is 1.40 bits per heavy atom. The lowest BCUT2D eigenvalue weighted by atomic mass is 9.97. The maximum atomic E-state index is 11.8. The topological polar surface area (TPSA) is 58.6 Å². The Morgan fingerprint density at radius 3 is 2.53 bits per heavy atom. The van der Waals surface area contributed by atoms with Crippen molar-refractivity contribution in [2.24, 2.45) is 5.92 Å².